The third-order valence-corrected chi connectivity index (χ3v) is 7.06. The Kier molecular flexibility index (Phi) is 30.4. The number of esters is 8. The van der Waals surface area contributed by atoms with E-state index < -0.39 is 58.6 Å². The average Bonchev–Trinajstić information content (AvgIpc) is 3.16. The van der Waals surface area contributed by atoms with Crippen molar-refractivity contribution in [2.45, 2.75) is 25.7 Å². The molecule has 0 spiro atoms. The summed E-state index contributed by atoms with van der Waals surface area (Å²) < 4.78 is 40.7. The zero-order chi connectivity index (χ0) is 41.4. The van der Waals surface area contributed by atoms with Crippen molar-refractivity contribution in [3.63, 3.8) is 0 Å². The van der Waals surface area contributed by atoms with Crippen LogP contribution in [0.5, 0.6) is 0 Å². The van der Waals surface area contributed by atoms with Crippen LogP contribution in [0.3, 0.4) is 0 Å². The van der Waals surface area contributed by atoms with Gasteiger partial charge in [0.2, 0.25) is 0 Å². The van der Waals surface area contributed by atoms with Crippen LogP contribution in [0, 0.1) is 10.8 Å². The van der Waals surface area contributed by atoms with Crippen LogP contribution in [0.15, 0.2) is 50.6 Å². The summed E-state index contributed by atoms with van der Waals surface area (Å²) in [7, 11) is 0. The van der Waals surface area contributed by atoms with E-state index in [2.05, 4.69) is 76.8 Å². The first-order valence-electron chi connectivity index (χ1n) is 15.9. The molecule has 0 aromatic rings. The summed E-state index contributed by atoms with van der Waals surface area (Å²) in [6, 6.07) is 0. The van der Waals surface area contributed by atoms with Gasteiger partial charge in [0.15, 0.2) is 0 Å². The van der Waals surface area contributed by atoms with Crippen LogP contribution < -0.4 is 0 Å². The van der Waals surface area contributed by atoms with E-state index in [1.54, 1.807) is 0 Å². The maximum atomic E-state index is 11.8. The van der Waals surface area contributed by atoms with Gasteiger partial charge in [-0.25, -0.2) is 19.2 Å². The third-order valence-electron chi connectivity index (χ3n) is 6.17. The molecule has 0 aromatic carbocycles. The topological polar surface area (TPSA) is 210 Å². The van der Waals surface area contributed by atoms with Crippen molar-refractivity contribution < 1.29 is 76.3 Å². The maximum Gasteiger partial charge on any atom is 0.330 e. The van der Waals surface area contributed by atoms with Gasteiger partial charge in [-0.2, -0.15) is 50.5 Å². The van der Waals surface area contributed by atoms with Crippen molar-refractivity contribution in [1.82, 2.24) is 0 Å². The SMILES string of the molecule is C=CC(=O)OCC(COC(=O)C=C)(COC(=O)C=C)COC(=O)C=C.O=C(CCS)OCC(COC(=O)CCS)(COC(=O)CCS)COC(=O)CCS. The van der Waals surface area contributed by atoms with Crippen molar-refractivity contribution >= 4 is 98.3 Å². The van der Waals surface area contributed by atoms with Crippen molar-refractivity contribution in [2.75, 3.05) is 75.9 Å². The smallest absolute Gasteiger partial charge is 0.330 e. The van der Waals surface area contributed by atoms with Crippen LogP contribution in [-0.4, -0.2) is 124 Å². The van der Waals surface area contributed by atoms with E-state index in [0.717, 1.165) is 24.3 Å². The van der Waals surface area contributed by atoms with Gasteiger partial charge < -0.3 is 37.9 Å². The average molecular weight is 841 g/mol. The molecule has 0 aromatic heterocycles. The highest BCUT2D eigenvalue weighted by atomic mass is 32.1. The van der Waals surface area contributed by atoms with E-state index in [1.807, 2.05) is 0 Å². The molecular weight excluding hydrogens is 793 g/mol. The molecule has 0 aliphatic carbocycles. The maximum absolute atomic E-state index is 11.8. The first kappa shape index (κ1) is 52.2. The summed E-state index contributed by atoms with van der Waals surface area (Å²) in [5, 5.41) is 0. The molecule has 0 fully saturated rings. The summed E-state index contributed by atoms with van der Waals surface area (Å²) >= 11 is 15.9. The Morgan fingerprint density at radius 3 is 0.667 bits per heavy atom. The van der Waals surface area contributed by atoms with Crippen molar-refractivity contribution in [3.8, 4) is 0 Å². The summed E-state index contributed by atoms with van der Waals surface area (Å²) in [6.07, 6.45) is 3.96. The minimum Gasteiger partial charge on any atom is -0.465 e. The molecule has 16 nitrogen and oxygen atoms in total. The molecule has 0 amide bonds. The molecular formula is C34H48O16S4. The zero-order valence-corrected chi connectivity index (χ0v) is 33.4. The van der Waals surface area contributed by atoms with Gasteiger partial charge in [0.05, 0.1) is 25.7 Å². The molecule has 0 radical (unpaired) electrons. The second kappa shape index (κ2) is 31.5. The minimum absolute atomic E-state index is 0.0670. The largest absolute Gasteiger partial charge is 0.465 e. The van der Waals surface area contributed by atoms with E-state index in [4.69, 9.17) is 37.9 Å². The molecule has 0 aliphatic rings. The van der Waals surface area contributed by atoms with Crippen LogP contribution >= 0.6 is 50.5 Å². The van der Waals surface area contributed by atoms with Crippen LogP contribution in [0.1, 0.15) is 25.7 Å². The molecule has 304 valence electrons. The van der Waals surface area contributed by atoms with Crippen molar-refractivity contribution in [2.24, 2.45) is 10.8 Å². The Balaban J connectivity index is 0. The van der Waals surface area contributed by atoms with Gasteiger partial charge in [-0.1, -0.05) is 26.3 Å². The Morgan fingerprint density at radius 2 is 0.519 bits per heavy atom. The predicted octanol–water partition coefficient (Wildman–Crippen LogP) is 2.31. The fourth-order valence-electron chi connectivity index (χ4n) is 3.22. The van der Waals surface area contributed by atoms with E-state index in [-0.39, 0.29) is 102 Å². The molecule has 0 atom stereocenters. The number of carbonyl (C=O) groups is 8. The molecule has 0 saturated heterocycles. The molecule has 0 bridgehead atoms. The second-order valence-corrected chi connectivity index (χ2v) is 12.6. The summed E-state index contributed by atoms with van der Waals surface area (Å²) in [5.74, 6) is -4.02. The van der Waals surface area contributed by atoms with Crippen LogP contribution in [0.25, 0.3) is 0 Å². The fraction of sp³-hybridized carbons (Fsp3) is 0.529. The molecule has 0 unspecified atom stereocenters. The summed E-state index contributed by atoms with van der Waals surface area (Å²) in [4.78, 5) is 92.5. The molecule has 0 rings (SSSR count). The van der Waals surface area contributed by atoms with Crippen LogP contribution in [0.2, 0.25) is 0 Å². The monoisotopic (exact) mass is 840 g/mol. The molecule has 0 aliphatic heterocycles. The van der Waals surface area contributed by atoms with Gasteiger partial charge in [0.25, 0.3) is 0 Å². The molecule has 0 N–H and O–H groups in total. The minimum atomic E-state index is -1.34. The fourth-order valence-corrected chi connectivity index (χ4v) is 3.95. The van der Waals surface area contributed by atoms with E-state index >= 15 is 0 Å². The molecule has 54 heavy (non-hydrogen) atoms. The first-order valence-corrected chi connectivity index (χ1v) is 18.4. The van der Waals surface area contributed by atoms with Gasteiger partial charge in [-0.05, 0) is 0 Å². The standard InChI is InChI=1S/C17H28O8S4.C17H20O8/c18-13(1-5-26)22-9-17(10-23-14(19)2-6-27,11-24-15(20)3-7-28)12-25-16(21)4-8-29;1-5-13(18)22-9-17(10-23-14(19)6-2,11-24-15(20)7-3)12-25-16(21)8-4/h26-29H,1-12H2;5-8H,1-4,9-12H2. The summed E-state index contributed by atoms with van der Waals surface area (Å²) in [6.45, 7) is 10.4. The Labute approximate surface area is 336 Å². The van der Waals surface area contributed by atoms with E-state index in [0.29, 0.717) is 0 Å². The Bertz CT molecular complexity index is 1090. The highest BCUT2D eigenvalue weighted by Crippen LogP contribution is 2.23. The Hall–Kier alpha value is -3.88. The Morgan fingerprint density at radius 1 is 0.352 bits per heavy atom. The number of thiol groups is 4. The van der Waals surface area contributed by atoms with Gasteiger partial charge in [0.1, 0.15) is 63.7 Å². The number of carbonyl (C=O) groups excluding carboxylic acids is 8. The van der Waals surface area contributed by atoms with Crippen LogP contribution in [-0.2, 0) is 76.3 Å². The second-order valence-electron chi connectivity index (χ2n) is 10.8. The molecule has 0 heterocycles. The highest BCUT2D eigenvalue weighted by Gasteiger charge is 2.39. The first-order chi connectivity index (χ1) is 25.6. The molecule has 20 heteroatoms. The zero-order valence-electron chi connectivity index (χ0n) is 29.8. The lowest BCUT2D eigenvalue weighted by Crippen LogP contribution is -2.44. The van der Waals surface area contributed by atoms with Gasteiger partial charge >= 0.3 is 47.8 Å². The lowest BCUT2D eigenvalue weighted by atomic mass is 9.92. The number of hydrogen-bond donors (Lipinski definition) is 4. The normalized spacial score (nSPS) is 10.4. The van der Waals surface area contributed by atoms with Gasteiger partial charge in [-0.3, -0.25) is 19.2 Å². The number of ether oxygens (including phenoxy) is 8. The lowest BCUT2D eigenvalue weighted by molar-refractivity contribution is -0.171. The van der Waals surface area contributed by atoms with Crippen molar-refractivity contribution in [1.29, 1.82) is 0 Å². The van der Waals surface area contributed by atoms with E-state index in [1.165, 1.54) is 0 Å². The van der Waals surface area contributed by atoms with Gasteiger partial charge in [0, 0.05) is 47.3 Å². The van der Waals surface area contributed by atoms with Gasteiger partial charge in [-0.15, -0.1) is 0 Å². The van der Waals surface area contributed by atoms with E-state index in [9.17, 15) is 38.4 Å². The lowest BCUT2D eigenvalue weighted by Gasteiger charge is -2.31. The number of hydrogen-bond acceptors (Lipinski definition) is 20. The number of rotatable bonds is 28. The quantitative estimate of drug-likeness (QED) is 0.0386. The molecule has 0 saturated carbocycles. The predicted molar refractivity (Wildman–Crippen MR) is 207 cm³/mol. The summed E-state index contributed by atoms with van der Waals surface area (Å²) in [5.41, 5.74) is -2.59. The van der Waals surface area contributed by atoms with Crippen LogP contribution in [0.4, 0.5) is 0 Å². The highest BCUT2D eigenvalue weighted by molar-refractivity contribution is 7.80. The van der Waals surface area contributed by atoms with Crippen molar-refractivity contribution in [3.05, 3.63) is 50.6 Å². The third kappa shape index (κ3) is 26.0.